The van der Waals surface area contributed by atoms with Gasteiger partial charge in [0.25, 0.3) is 5.91 Å². The molecule has 0 aliphatic carbocycles. The Morgan fingerprint density at radius 3 is 3.00 bits per heavy atom. The summed E-state index contributed by atoms with van der Waals surface area (Å²) in [4.78, 5) is 21.5. The van der Waals surface area contributed by atoms with Gasteiger partial charge in [0.15, 0.2) is 0 Å². The summed E-state index contributed by atoms with van der Waals surface area (Å²) in [6.07, 6.45) is 1.09. The molecule has 2 aliphatic rings. The second kappa shape index (κ2) is 5.95. The molecule has 1 aromatic heterocycles. The number of carbonyl (C=O) groups excluding carboxylic acids is 1. The van der Waals surface area contributed by atoms with Crippen molar-refractivity contribution in [2.24, 2.45) is 0 Å². The second-order valence-electron chi connectivity index (χ2n) is 6.01. The molecule has 116 valence electrons. The molecule has 0 saturated carbocycles. The number of carbonyl (C=O) groups is 1. The first kappa shape index (κ1) is 14.1. The van der Waals surface area contributed by atoms with E-state index in [1.165, 1.54) is 0 Å². The molecule has 0 bridgehead atoms. The molecule has 0 radical (unpaired) electrons. The molecule has 6 heteroatoms. The highest BCUT2D eigenvalue weighted by atomic mass is 32.1. The van der Waals surface area contributed by atoms with Gasteiger partial charge in [0, 0.05) is 50.9 Å². The Labute approximate surface area is 133 Å². The summed E-state index contributed by atoms with van der Waals surface area (Å²) in [7, 11) is 0. The summed E-state index contributed by atoms with van der Waals surface area (Å²) in [5.41, 5.74) is 3.59. The van der Waals surface area contributed by atoms with E-state index in [1.54, 1.807) is 11.3 Å². The molecule has 5 nitrogen and oxygen atoms in total. The van der Waals surface area contributed by atoms with Gasteiger partial charge in [-0.2, -0.15) is 0 Å². The first-order valence-corrected chi connectivity index (χ1v) is 8.76. The Hall–Kier alpha value is -1.50. The van der Waals surface area contributed by atoms with Gasteiger partial charge in [0.1, 0.15) is 0 Å². The SMILES string of the molecule is O=C(c1ccc2ncsc2c1)N1CCC(N2CCNCC2)C1. The van der Waals surface area contributed by atoms with Crippen LogP contribution in [0.25, 0.3) is 10.2 Å². The highest BCUT2D eigenvalue weighted by Crippen LogP contribution is 2.22. The van der Waals surface area contributed by atoms with Gasteiger partial charge >= 0.3 is 0 Å². The van der Waals surface area contributed by atoms with Crippen LogP contribution in [0.3, 0.4) is 0 Å². The Morgan fingerprint density at radius 2 is 2.14 bits per heavy atom. The van der Waals surface area contributed by atoms with Crippen LogP contribution < -0.4 is 5.32 Å². The fourth-order valence-corrected chi connectivity index (χ4v) is 4.16. The number of hydrogen-bond donors (Lipinski definition) is 1. The van der Waals surface area contributed by atoms with Gasteiger partial charge in [-0.25, -0.2) is 4.98 Å². The molecule has 2 aliphatic heterocycles. The van der Waals surface area contributed by atoms with E-state index in [9.17, 15) is 4.79 Å². The smallest absolute Gasteiger partial charge is 0.253 e. The van der Waals surface area contributed by atoms with Crippen LogP contribution in [-0.4, -0.2) is 66.0 Å². The lowest BCUT2D eigenvalue weighted by molar-refractivity contribution is 0.0773. The maximum atomic E-state index is 12.7. The second-order valence-corrected chi connectivity index (χ2v) is 6.90. The fourth-order valence-electron chi connectivity index (χ4n) is 3.44. The third-order valence-corrected chi connectivity index (χ3v) is 5.49. The summed E-state index contributed by atoms with van der Waals surface area (Å²) >= 11 is 1.59. The number of fused-ring (bicyclic) bond motifs is 1. The van der Waals surface area contributed by atoms with E-state index in [2.05, 4.69) is 15.2 Å². The zero-order chi connectivity index (χ0) is 14.9. The van der Waals surface area contributed by atoms with E-state index < -0.39 is 0 Å². The predicted octanol–water partition coefficient (Wildman–Crippen LogP) is 1.42. The summed E-state index contributed by atoms with van der Waals surface area (Å²) < 4.78 is 1.09. The third kappa shape index (κ3) is 2.62. The molecular weight excluding hydrogens is 296 g/mol. The standard InChI is InChI=1S/C16H20N4OS/c21-16(12-1-2-14-15(9-12)22-11-18-14)20-6-3-13(10-20)19-7-4-17-5-8-19/h1-2,9,11,13,17H,3-8,10H2. The van der Waals surface area contributed by atoms with Crippen molar-refractivity contribution in [1.29, 1.82) is 0 Å². The van der Waals surface area contributed by atoms with Crippen molar-refractivity contribution in [1.82, 2.24) is 20.1 Å². The van der Waals surface area contributed by atoms with Crippen molar-refractivity contribution in [2.75, 3.05) is 39.3 Å². The minimum absolute atomic E-state index is 0.160. The number of nitrogens with one attached hydrogen (secondary N) is 1. The number of aromatic nitrogens is 1. The average molecular weight is 316 g/mol. The van der Waals surface area contributed by atoms with Gasteiger partial charge < -0.3 is 10.2 Å². The van der Waals surface area contributed by atoms with E-state index in [4.69, 9.17) is 0 Å². The molecule has 3 heterocycles. The molecule has 1 amide bonds. The molecule has 1 unspecified atom stereocenters. The number of nitrogens with zero attached hydrogens (tertiary/aromatic N) is 3. The maximum Gasteiger partial charge on any atom is 0.253 e. The number of piperazine rings is 1. The molecule has 2 aromatic rings. The highest BCUT2D eigenvalue weighted by Gasteiger charge is 2.31. The Balaban J connectivity index is 1.46. The maximum absolute atomic E-state index is 12.7. The topological polar surface area (TPSA) is 48.5 Å². The fraction of sp³-hybridized carbons (Fsp3) is 0.500. The van der Waals surface area contributed by atoms with Gasteiger partial charge in [-0.05, 0) is 24.6 Å². The minimum atomic E-state index is 0.160. The van der Waals surface area contributed by atoms with E-state index >= 15 is 0 Å². The summed E-state index contributed by atoms with van der Waals surface area (Å²) in [6.45, 7) is 6.05. The zero-order valence-corrected chi connectivity index (χ0v) is 13.3. The predicted molar refractivity (Wildman–Crippen MR) is 88.4 cm³/mol. The molecule has 1 aromatic carbocycles. The lowest BCUT2D eigenvalue weighted by Crippen LogP contribution is -2.49. The summed E-state index contributed by atoms with van der Waals surface area (Å²) in [6, 6.07) is 6.36. The van der Waals surface area contributed by atoms with Crippen LogP contribution in [-0.2, 0) is 0 Å². The number of amides is 1. The molecular formula is C16H20N4OS. The van der Waals surface area contributed by atoms with Crippen LogP contribution in [0.5, 0.6) is 0 Å². The average Bonchev–Trinajstić information content (AvgIpc) is 3.23. The monoisotopic (exact) mass is 316 g/mol. The van der Waals surface area contributed by atoms with Crippen molar-refractivity contribution >= 4 is 27.5 Å². The van der Waals surface area contributed by atoms with Gasteiger partial charge in [-0.15, -0.1) is 11.3 Å². The molecule has 0 spiro atoms. The number of benzene rings is 1. The van der Waals surface area contributed by atoms with Crippen molar-refractivity contribution in [2.45, 2.75) is 12.5 Å². The van der Waals surface area contributed by atoms with E-state index in [0.717, 1.165) is 61.5 Å². The third-order valence-electron chi connectivity index (χ3n) is 4.70. The van der Waals surface area contributed by atoms with Crippen LogP contribution in [0, 0.1) is 0 Å². The van der Waals surface area contributed by atoms with Crippen molar-refractivity contribution in [3.63, 3.8) is 0 Å². The largest absolute Gasteiger partial charge is 0.337 e. The first-order valence-electron chi connectivity index (χ1n) is 7.88. The zero-order valence-electron chi connectivity index (χ0n) is 12.5. The first-order chi connectivity index (χ1) is 10.8. The number of hydrogen-bond acceptors (Lipinski definition) is 5. The number of likely N-dealkylation sites (tertiary alicyclic amines) is 1. The Bertz CT molecular complexity index is 680. The number of rotatable bonds is 2. The van der Waals surface area contributed by atoms with Crippen molar-refractivity contribution in [3.8, 4) is 0 Å². The quantitative estimate of drug-likeness (QED) is 0.910. The molecule has 2 fully saturated rings. The molecule has 1 N–H and O–H groups in total. The lowest BCUT2D eigenvalue weighted by Gasteiger charge is -2.32. The van der Waals surface area contributed by atoms with Gasteiger partial charge in [-0.3, -0.25) is 9.69 Å². The van der Waals surface area contributed by atoms with Gasteiger partial charge in [0.2, 0.25) is 0 Å². The van der Waals surface area contributed by atoms with Gasteiger partial charge in [-0.1, -0.05) is 0 Å². The van der Waals surface area contributed by atoms with Gasteiger partial charge in [0.05, 0.1) is 15.7 Å². The van der Waals surface area contributed by atoms with Crippen LogP contribution in [0.2, 0.25) is 0 Å². The minimum Gasteiger partial charge on any atom is -0.337 e. The van der Waals surface area contributed by atoms with Crippen LogP contribution in [0.1, 0.15) is 16.8 Å². The van der Waals surface area contributed by atoms with Crippen LogP contribution in [0.15, 0.2) is 23.7 Å². The molecule has 22 heavy (non-hydrogen) atoms. The van der Waals surface area contributed by atoms with Crippen molar-refractivity contribution < 1.29 is 4.79 Å². The van der Waals surface area contributed by atoms with E-state index in [-0.39, 0.29) is 5.91 Å². The highest BCUT2D eigenvalue weighted by molar-refractivity contribution is 7.16. The molecule has 4 rings (SSSR count). The summed E-state index contributed by atoms with van der Waals surface area (Å²) in [5.74, 6) is 0.160. The number of thiazole rings is 1. The van der Waals surface area contributed by atoms with Crippen LogP contribution in [0.4, 0.5) is 0 Å². The normalized spacial score (nSPS) is 23.3. The van der Waals surface area contributed by atoms with E-state index in [0.29, 0.717) is 6.04 Å². The Morgan fingerprint density at radius 1 is 1.27 bits per heavy atom. The molecule has 1 atom stereocenters. The lowest BCUT2D eigenvalue weighted by atomic mass is 10.2. The van der Waals surface area contributed by atoms with Crippen LogP contribution >= 0.6 is 11.3 Å². The summed E-state index contributed by atoms with van der Waals surface area (Å²) in [5, 5.41) is 3.39. The Kier molecular flexibility index (Phi) is 3.82. The van der Waals surface area contributed by atoms with Crippen molar-refractivity contribution in [3.05, 3.63) is 29.3 Å². The molecule has 2 saturated heterocycles. The van der Waals surface area contributed by atoms with E-state index in [1.807, 2.05) is 28.6 Å².